The molecule has 102 valence electrons. The van der Waals surface area contributed by atoms with Crippen molar-refractivity contribution >= 4 is 45.3 Å². The zero-order chi connectivity index (χ0) is 14.3. The van der Waals surface area contributed by atoms with Gasteiger partial charge in [-0.3, -0.25) is 4.98 Å². The Hall–Kier alpha value is -1.31. The fourth-order valence-electron chi connectivity index (χ4n) is 2.05. The van der Waals surface area contributed by atoms with Crippen LogP contribution in [0.4, 0.5) is 0 Å². The standard InChI is InChI=1S/C14H10ClIN2O2/c15-9-5-7(1-3-10(9)16)13(17)8-2-4-11-12(6-8)20-14(19)18-11/h1-6,13H,17H2,(H,18,19). The van der Waals surface area contributed by atoms with Gasteiger partial charge in [0.25, 0.3) is 0 Å². The van der Waals surface area contributed by atoms with E-state index >= 15 is 0 Å². The van der Waals surface area contributed by atoms with Crippen molar-refractivity contribution in [2.24, 2.45) is 5.73 Å². The molecule has 3 N–H and O–H groups in total. The van der Waals surface area contributed by atoms with Crippen LogP contribution in [0.5, 0.6) is 0 Å². The van der Waals surface area contributed by atoms with Crippen LogP contribution >= 0.6 is 34.2 Å². The van der Waals surface area contributed by atoms with E-state index in [2.05, 4.69) is 27.6 Å². The Morgan fingerprint density at radius 3 is 2.65 bits per heavy atom. The van der Waals surface area contributed by atoms with Crippen molar-refractivity contribution in [3.05, 3.63) is 66.7 Å². The summed E-state index contributed by atoms with van der Waals surface area (Å²) in [6, 6.07) is 10.8. The summed E-state index contributed by atoms with van der Waals surface area (Å²) >= 11 is 8.28. The lowest BCUT2D eigenvalue weighted by atomic mass is 9.99. The lowest BCUT2D eigenvalue weighted by molar-refractivity contribution is 0.555. The predicted octanol–water partition coefficient (Wildman–Crippen LogP) is 3.43. The van der Waals surface area contributed by atoms with Crippen LogP contribution in [0.25, 0.3) is 11.1 Å². The van der Waals surface area contributed by atoms with E-state index in [1.54, 1.807) is 12.1 Å². The summed E-state index contributed by atoms with van der Waals surface area (Å²) < 4.78 is 6.02. The van der Waals surface area contributed by atoms with Gasteiger partial charge >= 0.3 is 5.76 Å². The molecule has 0 saturated heterocycles. The molecular formula is C14H10ClIN2O2. The fraction of sp³-hybridized carbons (Fsp3) is 0.0714. The van der Waals surface area contributed by atoms with Gasteiger partial charge in [0.15, 0.2) is 5.58 Å². The number of H-pyrrole nitrogens is 1. The summed E-state index contributed by atoms with van der Waals surface area (Å²) in [5.74, 6) is -0.469. The van der Waals surface area contributed by atoms with E-state index in [1.807, 2.05) is 24.3 Å². The molecule has 1 aromatic heterocycles. The molecule has 0 spiro atoms. The van der Waals surface area contributed by atoms with Gasteiger partial charge in [-0.2, -0.15) is 0 Å². The van der Waals surface area contributed by atoms with Crippen LogP contribution in [0.15, 0.2) is 45.6 Å². The molecular weight excluding hydrogens is 391 g/mol. The van der Waals surface area contributed by atoms with E-state index in [4.69, 9.17) is 21.8 Å². The summed E-state index contributed by atoms with van der Waals surface area (Å²) in [4.78, 5) is 13.7. The Bertz CT molecular complexity index is 841. The van der Waals surface area contributed by atoms with Crippen molar-refractivity contribution in [3.63, 3.8) is 0 Å². The van der Waals surface area contributed by atoms with E-state index in [0.717, 1.165) is 14.7 Å². The minimum absolute atomic E-state index is 0.325. The number of nitrogens with two attached hydrogens (primary N) is 1. The number of hydrogen-bond acceptors (Lipinski definition) is 3. The zero-order valence-corrected chi connectivity index (χ0v) is 13.1. The number of aromatic amines is 1. The highest BCUT2D eigenvalue weighted by Gasteiger charge is 2.12. The largest absolute Gasteiger partial charge is 0.417 e. The monoisotopic (exact) mass is 400 g/mol. The third-order valence-corrected chi connectivity index (χ3v) is 4.68. The number of nitrogens with one attached hydrogen (secondary N) is 1. The number of hydrogen-bond donors (Lipinski definition) is 2. The Morgan fingerprint density at radius 2 is 1.90 bits per heavy atom. The minimum atomic E-state index is -0.469. The highest BCUT2D eigenvalue weighted by molar-refractivity contribution is 14.1. The maximum atomic E-state index is 11.2. The number of rotatable bonds is 2. The van der Waals surface area contributed by atoms with Crippen molar-refractivity contribution in [2.75, 3.05) is 0 Å². The molecule has 0 fully saturated rings. The van der Waals surface area contributed by atoms with Crippen LogP contribution < -0.4 is 11.5 Å². The molecule has 0 aliphatic heterocycles. The molecule has 0 aliphatic carbocycles. The zero-order valence-electron chi connectivity index (χ0n) is 10.2. The van der Waals surface area contributed by atoms with Crippen LogP contribution in [0.2, 0.25) is 5.02 Å². The molecule has 1 unspecified atom stereocenters. The molecule has 4 nitrogen and oxygen atoms in total. The first kappa shape index (κ1) is 13.7. The van der Waals surface area contributed by atoms with Gasteiger partial charge in [0.05, 0.1) is 16.6 Å². The average molecular weight is 401 g/mol. The fourth-order valence-corrected chi connectivity index (χ4v) is 2.58. The van der Waals surface area contributed by atoms with Gasteiger partial charge in [-0.05, 0) is 58.0 Å². The summed E-state index contributed by atoms with van der Waals surface area (Å²) in [5, 5.41) is 0.674. The van der Waals surface area contributed by atoms with Crippen LogP contribution in [-0.4, -0.2) is 4.98 Å². The summed E-state index contributed by atoms with van der Waals surface area (Å²) in [6.45, 7) is 0. The predicted molar refractivity (Wildman–Crippen MR) is 87.0 cm³/mol. The van der Waals surface area contributed by atoms with Gasteiger partial charge in [-0.15, -0.1) is 0 Å². The van der Waals surface area contributed by atoms with Crippen molar-refractivity contribution in [3.8, 4) is 0 Å². The smallest absolute Gasteiger partial charge is 0.408 e. The second-order valence-electron chi connectivity index (χ2n) is 4.42. The van der Waals surface area contributed by atoms with E-state index in [9.17, 15) is 4.79 Å². The Morgan fingerprint density at radius 1 is 1.20 bits per heavy atom. The van der Waals surface area contributed by atoms with Gasteiger partial charge in [0.2, 0.25) is 0 Å². The summed E-state index contributed by atoms with van der Waals surface area (Å²) in [6.07, 6.45) is 0. The first-order chi connectivity index (χ1) is 9.54. The highest BCUT2D eigenvalue weighted by atomic mass is 127. The van der Waals surface area contributed by atoms with E-state index < -0.39 is 5.76 Å². The Kier molecular flexibility index (Phi) is 3.57. The van der Waals surface area contributed by atoms with Crippen molar-refractivity contribution in [1.29, 1.82) is 0 Å². The Labute approximate surface area is 133 Å². The van der Waals surface area contributed by atoms with Crippen LogP contribution in [0, 0.1) is 3.57 Å². The number of halogens is 2. The lowest BCUT2D eigenvalue weighted by Crippen LogP contribution is -2.11. The van der Waals surface area contributed by atoms with Crippen molar-refractivity contribution in [1.82, 2.24) is 4.98 Å². The highest BCUT2D eigenvalue weighted by Crippen LogP contribution is 2.27. The minimum Gasteiger partial charge on any atom is -0.408 e. The van der Waals surface area contributed by atoms with E-state index in [-0.39, 0.29) is 6.04 Å². The second kappa shape index (κ2) is 5.23. The number of fused-ring (bicyclic) bond motifs is 1. The molecule has 0 bridgehead atoms. The van der Waals surface area contributed by atoms with Crippen LogP contribution in [0.1, 0.15) is 17.2 Å². The number of oxazole rings is 1. The quantitative estimate of drug-likeness (QED) is 0.648. The maximum Gasteiger partial charge on any atom is 0.417 e. The van der Waals surface area contributed by atoms with Gasteiger partial charge in [-0.1, -0.05) is 23.7 Å². The van der Waals surface area contributed by atoms with Gasteiger partial charge in [-0.25, -0.2) is 4.79 Å². The second-order valence-corrected chi connectivity index (χ2v) is 5.99. The van der Waals surface area contributed by atoms with Gasteiger partial charge in [0.1, 0.15) is 0 Å². The third kappa shape index (κ3) is 2.48. The van der Waals surface area contributed by atoms with Crippen molar-refractivity contribution in [2.45, 2.75) is 6.04 Å². The average Bonchev–Trinajstić information content (AvgIpc) is 2.80. The van der Waals surface area contributed by atoms with Crippen LogP contribution in [0.3, 0.4) is 0 Å². The third-order valence-electron chi connectivity index (χ3n) is 3.11. The van der Waals surface area contributed by atoms with E-state index in [0.29, 0.717) is 16.1 Å². The molecule has 1 heterocycles. The molecule has 2 aromatic carbocycles. The van der Waals surface area contributed by atoms with Gasteiger partial charge in [0, 0.05) is 3.57 Å². The molecule has 3 rings (SSSR count). The number of benzene rings is 2. The molecule has 20 heavy (non-hydrogen) atoms. The molecule has 3 aromatic rings. The normalized spacial score (nSPS) is 12.8. The lowest BCUT2D eigenvalue weighted by Gasteiger charge is -2.13. The number of aromatic nitrogens is 1. The van der Waals surface area contributed by atoms with E-state index in [1.165, 1.54) is 0 Å². The molecule has 0 saturated carbocycles. The maximum absolute atomic E-state index is 11.2. The van der Waals surface area contributed by atoms with Crippen molar-refractivity contribution < 1.29 is 4.42 Å². The summed E-state index contributed by atoms with van der Waals surface area (Å²) in [7, 11) is 0. The molecule has 1 atom stereocenters. The topological polar surface area (TPSA) is 72.0 Å². The molecule has 0 amide bonds. The summed E-state index contributed by atoms with van der Waals surface area (Å²) in [5.41, 5.74) is 9.17. The molecule has 0 radical (unpaired) electrons. The molecule has 0 aliphatic rings. The SMILES string of the molecule is NC(c1ccc(I)c(Cl)c1)c1ccc2[nH]c(=O)oc2c1. The Balaban J connectivity index is 2.04. The van der Waals surface area contributed by atoms with Gasteiger partial charge < -0.3 is 10.2 Å². The first-order valence-corrected chi connectivity index (χ1v) is 7.33. The molecule has 6 heteroatoms. The van der Waals surface area contributed by atoms with Crippen LogP contribution in [-0.2, 0) is 0 Å². The first-order valence-electron chi connectivity index (χ1n) is 5.88.